The van der Waals surface area contributed by atoms with Gasteiger partial charge in [0.05, 0.1) is 19.2 Å². The maximum absolute atomic E-state index is 13.1. The van der Waals surface area contributed by atoms with Crippen molar-refractivity contribution < 1.29 is 14.0 Å². The summed E-state index contributed by atoms with van der Waals surface area (Å²) in [5.74, 6) is -0.00664. The summed E-state index contributed by atoms with van der Waals surface area (Å²) < 4.78 is 5.35. The number of pyridine rings is 1. The van der Waals surface area contributed by atoms with Gasteiger partial charge in [-0.2, -0.15) is 0 Å². The molecule has 0 aliphatic heterocycles. The van der Waals surface area contributed by atoms with Crippen LogP contribution in [0.15, 0.2) is 95.9 Å². The molecule has 0 saturated carbocycles. The Labute approximate surface area is 192 Å². The first-order valence-corrected chi connectivity index (χ1v) is 10.7. The Morgan fingerprint density at radius 3 is 2.24 bits per heavy atom. The van der Waals surface area contributed by atoms with Gasteiger partial charge >= 0.3 is 0 Å². The molecule has 0 saturated heterocycles. The summed E-state index contributed by atoms with van der Waals surface area (Å²) in [5.41, 5.74) is 4.77. The Morgan fingerprint density at radius 1 is 0.879 bits per heavy atom. The molecule has 0 bridgehead atoms. The first-order chi connectivity index (χ1) is 16.1. The SMILES string of the molecule is Cc1ccc(CN(C(=O)c2ccco2)c2ccc(CC(=O)NCc3ccncc3)cc2)cc1. The molecule has 2 aromatic carbocycles. The first-order valence-electron chi connectivity index (χ1n) is 10.7. The molecule has 6 heteroatoms. The van der Waals surface area contributed by atoms with Crippen molar-refractivity contribution >= 4 is 17.5 Å². The van der Waals surface area contributed by atoms with Crippen LogP contribution in [0.5, 0.6) is 0 Å². The molecule has 0 fully saturated rings. The number of benzene rings is 2. The maximum Gasteiger partial charge on any atom is 0.294 e. The van der Waals surface area contributed by atoms with E-state index in [2.05, 4.69) is 10.3 Å². The van der Waals surface area contributed by atoms with E-state index in [4.69, 9.17) is 4.42 Å². The molecule has 4 aromatic rings. The van der Waals surface area contributed by atoms with Gasteiger partial charge in [-0.05, 0) is 60.0 Å². The molecule has 0 spiro atoms. The van der Waals surface area contributed by atoms with Crippen molar-refractivity contribution in [3.8, 4) is 0 Å². The summed E-state index contributed by atoms with van der Waals surface area (Å²) in [6.45, 7) is 2.90. The zero-order chi connectivity index (χ0) is 23.0. The van der Waals surface area contributed by atoms with Gasteiger partial charge in [0.1, 0.15) is 0 Å². The van der Waals surface area contributed by atoms with Crippen LogP contribution in [-0.4, -0.2) is 16.8 Å². The van der Waals surface area contributed by atoms with E-state index in [9.17, 15) is 9.59 Å². The molecule has 2 aromatic heterocycles. The lowest BCUT2D eigenvalue weighted by Gasteiger charge is -2.22. The summed E-state index contributed by atoms with van der Waals surface area (Å²) in [7, 11) is 0. The fourth-order valence-corrected chi connectivity index (χ4v) is 3.43. The van der Waals surface area contributed by atoms with E-state index in [1.165, 1.54) is 6.26 Å². The molecular weight excluding hydrogens is 414 g/mol. The highest BCUT2D eigenvalue weighted by Gasteiger charge is 2.20. The molecular formula is C27H25N3O3. The molecule has 166 valence electrons. The number of hydrogen-bond donors (Lipinski definition) is 1. The van der Waals surface area contributed by atoms with Crippen LogP contribution in [0.3, 0.4) is 0 Å². The molecule has 4 rings (SSSR count). The zero-order valence-electron chi connectivity index (χ0n) is 18.4. The van der Waals surface area contributed by atoms with Gasteiger partial charge in [0.25, 0.3) is 5.91 Å². The Balaban J connectivity index is 1.46. The van der Waals surface area contributed by atoms with E-state index in [-0.39, 0.29) is 24.0 Å². The van der Waals surface area contributed by atoms with Gasteiger partial charge in [0, 0.05) is 24.6 Å². The van der Waals surface area contributed by atoms with Crippen LogP contribution in [0.1, 0.15) is 32.8 Å². The molecule has 6 nitrogen and oxygen atoms in total. The third-order valence-corrected chi connectivity index (χ3v) is 5.29. The van der Waals surface area contributed by atoms with Crippen molar-refractivity contribution in [1.29, 1.82) is 0 Å². The number of nitrogens with zero attached hydrogens (tertiary/aromatic N) is 2. The van der Waals surface area contributed by atoms with E-state index >= 15 is 0 Å². The average molecular weight is 440 g/mol. The predicted molar refractivity (Wildman–Crippen MR) is 127 cm³/mol. The predicted octanol–water partition coefficient (Wildman–Crippen LogP) is 4.69. The summed E-state index contributed by atoms with van der Waals surface area (Å²) in [6.07, 6.45) is 5.15. The van der Waals surface area contributed by atoms with E-state index in [0.29, 0.717) is 13.1 Å². The van der Waals surface area contributed by atoms with Crippen LogP contribution in [0, 0.1) is 6.92 Å². The number of furan rings is 1. The number of rotatable bonds is 8. The Kier molecular flexibility index (Phi) is 6.95. The Hall–Kier alpha value is -4.19. The molecule has 2 heterocycles. The second-order valence-electron chi connectivity index (χ2n) is 7.83. The number of anilines is 1. The lowest BCUT2D eigenvalue weighted by molar-refractivity contribution is -0.120. The van der Waals surface area contributed by atoms with Crippen molar-refractivity contribution in [2.24, 2.45) is 0 Å². The van der Waals surface area contributed by atoms with Gasteiger partial charge in [-0.1, -0.05) is 42.0 Å². The molecule has 33 heavy (non-hydrogen) atoms. The third-order valence-electron chi connectivity index (χ3n) is 5.29. The molecule has 2 amide bonds. The molecule has 1 N–H and O–H groups in total. The Bertz CT molecular complexity index is 1190. The monoisotopic (exact) mass is 439 g/mol. The topological polar surface area (TPSA) is 75.4 Å². The van der Waals surface area contributed by atoms with Gasteiger partial charge in [-0.3, -0.25) is 14.6 Å². The van der Waals surface area contributed by atoms with Crippen LogP contribution in [0.4, 0.5) is 5.69 Å². The van der Waals surface area contributed by atoms with E-state index < -0.39 is 0 Å². The quantitative estimate of drug-likeness (QED) is 0.432. The highest BCUT2D eigenvalue weighted by Crippen LogP contribution is 2.22. The highest BCUT2D eigenvalue weighted by molar-refractivity contribution is 6.04. The molecule has 0 unspecified atom stereocenters. The Morgan fingerprint density at radius 2 is 1.58 bits per heavy atom. The van der Waals surface area contributed by atoms with Gasteiger partial charge < -0.3 is 14.6 Å². The molecule has 0 radical (unpaired) electrons. The van der Waals surface area contributed by atoms with Gasteiger partial charge in [0.2, 0.25) is 5.91 Å². The first kappa shape index (κ1) is 22.0. The average Bonchev–Trinajstić information content (AvgIpc) is 3.38. The summed E-state index contributed by atoms with van der Waals surface area (Å²) in [5, 5.41) is 2.92. The molecule has 0 aliphatic carbocycles. The number of aryl methyl sites for hydroxylation is 1. The zero-order valence-corrected chi connectivity index (χ0v) is 18.4. The number of amides is 2. The van der Waals surface area contributed by atoms with Crippen molar-refractivity contribution in [3.05, 3.63) is 119 Å². The molecule has 0 atom stereocenters. The molecule has 0 aliphatic rings. The van der Waals surface area contributed by atoms with E-state index in [0.717, 1.165) is 27.9 Å². The van der Waals surface area contributed by atoms with Crippen LogP contribution in [0.25, 0.3) is 0 Å². The van der Waals surface area contributed by atoms with E-state index in [1.807, 2.05) is 67.6 Å². The fraction of sp³-hybridized carbons (Fsp3) is 0.148. The van der Waals surface area contributed by atoms with Crippen molar-refractivity contribution in [3.63, 3.8) is 0 Å². The minimum absolute atomic E-state index is 0.0669. The van der Waals surface area contributed by atoms with Crippen molar-refractivity contribution in [2.45, 2.75) is 26.4 Å². The lowest BCUT2D eigenvalue weighted by Crippen LogP contribution is -2.30. The minimum Gasteiger partial charge on any atom is -0.459 e. The highest BCUT2D eigenvalue weighted by atomic mass is 16.3. The number of carbonyl (C=O) groups is 2. The van der Waals surface area contributed by atoms with Crippen LogP contribution >= 0.6 is 0 Å². The number of carbonyl (C=O) groups excluding carboxylic acids is 2. The van der Waals surface area contributed by atoms with E-state index in [1.54, 1.807) is 29.4 Å². The van der Waals surface area contributed by atoms with Crippen molar-refractivity contribution in [1.82, 2.24) is 10.3 Å². The lowest BCUT2D eigenvalue weighted by atomic mass is 10.1. The van der Waals surface area contributed by atoms with Crippen LogP contribution in [0.2, 0.25) is 0 Å². The number of nitrogens with one attached hydrogen (secondary N) is 1. The maximum atomic E-state index is 13.1. The standard InChI is InChI=1S/C27H25N3O3/c1-20-4-6-23(7-5-20)19-30(27(32)25-3-2-16-33-25)24-10-8-21(9-11-24)17-26(31)29-18-22-12-14-28-15-13-22/h2-16H,17-19H2,1H3,(H,29,31). The van der Waals surface area contributed by atoms with Gasteiger partial charge in [-0.25, -0.2) is 0 Å². The normalized spacial score (nSPS) is 10.6. The van der Waals surface area contributed by atoms with Crippen LogP contribution < -0.4 is 10.2 Å². The second kappa shape index (κ2) is 10.4. The van der Waals surface area contributed by atoms with Gasteiger partial charge in [-0.15, -0.1) is 0 Å². The van der Waals surface area contributed by atoms with Gasteiger partial charge in [0.15, 0.2) is 5.76 Å². The fourth-order valence-electron chi connectivity index (χ4n) is 3.43. The number of hydrogen-bond acceptors (Lipinski definition) is 4. The largest absolute Gasteiger partial charge is 0.459 e. The number of aromatic nitrogens is 1. The summed E-state index contributed by atoms with van der Waals surface area (Å²) in [6, 6.07) is 22.6. The second-order valence-corrected chi connectivity index (χ2v) is 7.83. The van der Waals surface area contributed by atoms with Crippen LogP contribution in [-0.2, 0) is 24.3 Å². The minimum atomic E-state index is -0.219. The van der Waals surface area contributed by atoms with Crippen molar-refractivity contribution in [2.75, 3.05) is 4.90 Å². The summed E-state index contributed by atoms with van der Waals surface area (Å²) in [4.78, 5) is 31.1. The smallest absolute Gasteiger partial charge is 0.294 e. The third kappa shape index (κ3) is 5.95. The summed E-state index contributed by atoms with van der Waals surface area (Å²) >= 11 is 0.